The average molecular weight is 416 g/mol. The first-order valence-corrected chi connectivity index (χ1v) is 9.51. The Bertz CT molecular complexity index is 791. The van der Waals surface area contributed by atoms with E-state index in [1.807, 2.05) is 61.5 Å². The molecule has 0 aromatic heterocycles. The third-order valence-corrected chi connectivity index (χ3v) is 5.47. The van der Waals surface area contributed by atoms with E-state index in [0.29, 0.717) is 19.4 Å². The van der Waals surface area contributed by atoms with E-state index in [1.54, 1.807) is 11.8 Å². The van der Waals surface area contributed by atoms with Crippen LogP contribution in [0.5, 0.6) is 0 Å². The molecular weight excluding hydrogens is 394 g/mol. The molecule has 1 saturated heterocycles. The number of rotatable bonds is 6. The maximum Gasteiger partial charge on any atom is 0.411 e. The second kappa shape index (κ2) is 7.62. The zero-order valence-electron chi connectivity index (χ0n) is 14.9. The predicted molar refractivity (Wildman–Crippen MR) is 104 cm³/mol. The lowest BCUT2D eigenvalue weighted by Gasteiger charge is -2.28. The zero-order valence-corrected chi connectivity index (χ0v) is 16.5. The molecule has 2 aromatic carbocycles. The van der Waals surface area contributed by atoms with Crippen molar-refractivity contribution in [2.24, 2.45) is 0 Å². The fraction of sp³-hybridized carbons (Fsp3) is 0.333. The lowest BCUT2D eigenvalue weighted by atomic mass is 9.88. The standard InChI is InChI=1S/C21H22BrNO3/c1-15(24)12-13-21(18-6-4-3-5-7-18)14-23(20(25)26-21)16(2)17-8-10-19(22)11-9-17/h3-11,16H,12-14H2,1-2H3/t16-,21+/m0/s1. The molecule has 5 heteroatoms. The number of amides is 1. The smallest absolute Gasteiger partial charge is 0.411 e. The first-order chi connectivity index (χ1) is 12.4. The molecule has 0 saturated carbocycles. The molecule has 1 aliphatic rings. The van der Waals surface area contributed by atoms with Crippen molar-refractivity contribution >= 4 is 27.8 Å². The summed E-state index contributed by atoms with van der Waals surface area (Å²) in [5, 5.41) is 0. The average Bonchev–Trinajstić information content (AvgIpc) is 2.99. The van der Waals surface area contributed by atoms with Crippen molar-refractivity contribution in [3.8, 4) is 0 Å². The minimum absolute atomic E-state index is 0.0933. The van der Waals surface area contributed by atoms with Crippen LogP contribution in [-0.2, 0) is 15.1 Å². The Balaban J connectivity index is 1.89. The molecule has 1 amide bonds. The molecule has 3 rings (SSSR count). The molecule has 2 atom stereocenters. The first-order valence-electron chi connectivity index (χ1n) is 8.71. The Labute approximate surface area is 162 Å². The quantitative estimate of drug-likeness (QED) is 0.648. The summed E-state index contributed by atoms with van der Waals surface area (Å²) in [6, 6.07) is 17.5. The van der Waals surface area contributed by atoms with Crippen molar-refractivity contribution in [3.63, 3.8) is 0 Å². The minimum atomic E-state index is -0.784. The SMILES string of the molecule is CC(=O)CC[C@]1(c2ccccc2)CN([C@@H](C)c2ccc(Br)cc2)C(=O)O1. The number of halogens is 1. The molecule has 1 heterocycles. The number of hydrogen-bond donors (Lipinski definition) is 0. The predicted octanol–water partition coefficient (Wildman–Crippen LogP) is 5.23. The van der Waals surface area contributed by atoms with Crippen LogP contribution in [0.3, 0.4) is 0 Å². The fourth-order valence-electron chi connectivity index (χ4n) is 3.36. The molecule has 0 spiro atoms. The van der Waals surface area contributed by atoms with Crippen molar-refractivity contribution in [1.82, 2.24) is 4.90 Å². The van der Waals surface area contributed by atoms with Crippen LogP contribution in [0.1, 0.15) is 43.9 Å². The van der Waals surface area contributed by atoms with Crippen LogP contribution in [0.2, 0.25) is 0 Å². The summed E-state index contributed by atoms with van der Waals surface area (Å²) in [5.74, 6) is 0.0933. The van der Waals surface area contributed by atoms with Gasteiger partial charge in [-0.3, -0.25) is 4.90 Å². The molecular formula is C21H22BrNO3. The van der Waals surface area contributed by atoms with Gasteiger partial charge in [0.15, 0.2) is 5.60 Å². The third-order valence-electron chi connectivity index (χ3n) is 4.94. The maximum atomic E-state index is 12.7. The van der Waals surface area contributed by atoms with Crippen molar-refractivity contribution in [1.29, 1.82) is 0 Å². The highest BCUT2D eigenvalue weighted by Crippen LogP contribution is 2.40. The van der Waals surface area contributed by atoms with Gasteiger partial charge in [0, 0.05) is 17.3 Å². The first kappa shape index (κ1) is 18.6. The Hall–Kier alpha value is -2.14. The highest BCUT2D eigenvalue weighted by atomic mass is 79.9. The highest BCUT2D eigenvalue weighted by Gasteiger charge is 2.47. The molecule has 0 bridgehead atoms. The number of carbonyl (C=O) groups is 2. The molecule has 26 heavy (non-hydrogen) atoms. The van der Waals surface area contributed by atoms with Crippen LogP contribution >= 0.6 is 15.9 Å². The Morgan fingerprint density at radius 3 is 2.46 bits per heavy atom. The number of nitrogens with zero attached hydrogens (tertiary/aromatic N) is 1. The lowest BCUT2D eigenvalue weighted by molar-refractivity contribution is -0.118. The number of benzene rings is 2. The minimum Gasteiger partial charge on any atom is -0.436 e. The molecule has 0 radical (unpaired) electrons. The van der Waals surface area contributed by atoms with E-state index in [-0.39, 0.29) is 17.9 Å². The van der Waals surface area contributed by atoms with Gasteiger partial charge in [0.1, 0.15) is 5.78 Å². The van der Waals surface area contributed by atoms with Gasteiger partial charge in [-0.2, -0.15) is 0 Å². The zero-order chi connectivity index (χ0) is 18.7. The summed E-state index contributed by atoms with van der Waals surface area (Å²) in [6.07, 6.45) is 0.525. The van der Waals surface area contributed by atoms with Crippen molar-refractivity contribution < 1.29 is 14.3 Å². The van der Waals surface area contributed by atoms with Crippen LogP contribution in [0.4, 0.5) is 4.79 Å². The van der Waals surface area contributed by atoms with Gasteiger partial charge in [0.25, 0.3) is 0 Å². The second-order valence-electron chi connectivity index (χ2n) is 6.79. The molecule has 1 aliphatic heterocycles. The highest BCUT2D eigenvalue weighted by molar-refractivity contribution is 9.10. The van der Waals surface area contributed by atoms with Gasteiger partial charge in [-0.05, 0) is 37.1 Å². The lowest BCUT2D eigenvalue weighted by Crippen LogP contribution is -2.34. The van der Waals surface area contributed by atoms with Gasteiger partial charge in [0.05, 0.1) is 12.6 Å². The Kier molecular flexibility index (Phi) is 5.47. The molecule has 2 aromatic rings. The van der Waals surface area contributed by atoms with Crippen LogP contribution in [0.15, 0.2) is 59.1 Å². The van der Waals surface area contributed by atoms with E-state index in [9.17, 15) is 9.59 Å². The number of ether oxygens (including phenoxy) is 1. The number of carbonyl (C=O) groups excluding carboxylic acids is 2. The van der Waals surface area contributed by atoms with Crippen molar-refractivity contribution in [2.45, 2.75) is 38.3 Å². The topological polar surface area (TPSA) is 46.6 Å². The number of Topliss-reactive ketones (excluding diaryl/α,β-unsaturated/α-hetero) is 1. The van der Waals surface area contributed by atoms with Gasteiger partial charge < -0.3 is 9.53 Å². The van der Waals surface area contributed by atoms with E-state index in [0.717, 1.165) is 15.6 Å². The normalized spacial score (nSPS) is 20.7. The molecule has 136 valence electrons. The second-order valence-corrected chi connectivity index (χ2v) is 7.70. The van der Waals surface area contributed by atoms with E-state index >= 15 is 0 Å². The summed E-state index contributed by atoms with van der Waals surface area (Å²) < 4.78 is 6.89. The van der Waals surface area contributed by atoms with Crippen molar-refractivity contribution in [2.75, 3.05) is 6.54 Å². The maximum absolute atomic E-state index is 12.7. The summed E-state index contributed by atoms with van der Waals surface area (Å²) in [4.78, 5) is 26.0. The summed E-state index contributed by atoms with van der Waals surface area (Å²) >= 11 is 3.44. The van der Waals surface area contributed by atoms with Crippen molar-refractivity contribution in [3.05, 3.63) is 70.2 Å². The third kappa shape index (κ3) is 3.83. The van der Waals surface area contributed by atoms with Gasteiger partial charge in [-0.1, -0.05) is 58.4 Å². The molecule has 0 N–H and O–H groups in total. The van der Waals surface area contributed by atoms with E-state index in [4.69, 9.17) is 4.74 Å². The number of cyclic esters (lactones) is 1. The van der Waals surface area contributed by atoms with Gasteiger partial charge >= 0.3 is 6.09 Å². The van der Waals surface area contributed by atoms with E-state index in [1.165, 1.54) is 0 Å². The molecule has 0 unspecified atom stereocenters. The monoisotopic (exact) mass is 415 g/mol. The summed E-state index contributed by atoms with van der Waals surface area (Å²) in [5.41, 5.74) is 1.19. The van der Waals surface area contributed by atoms with Gasteiger partial charge in [0.2, 0.25) is 0 Å². The number of ketones is 1. The molecule has 4 nitrogen and oxygen atoms in total. The number of hydrogen-bond acceptors (Lipinski definition) is 3. The fourth-order valence-corrected chi connectivity index (χ4v) is 3.62. The van der Waals surface area contributed by atoms with E-state index in [2.05, 4.69) is 15.9 Å². The van der Waals surface area contributed by atoms with Crippen LogP contribution in [-0.4, -0.2) is 23.3 Å². The largest absolute Gasteiger partial charge is 0.436 e. The Morgan fingerprint density at radius 1 is 1.19 bits per heavy atom. The van der Waals surface area contributed by atoms with Crippen LogP contribution < -0.4 is 0 Å². The summed E-state index contributed by atoms with van der Waals surface area (Å²) in [7, 11) is 0. The molecule has 0 aliphatic carbocycles. The summed E-state index contributed by atoms with van der Waals surface area (Å²) in [6.45, 7) is 3.99. The van der Waals surface area contributed by atoms with Crippen LogP contribution in [0, 0.1) is 0 Å². The molecule has 1 fully saturated rings. The Morgan fingerprint density at radius 2 is 1.85 bits per heavy atom. The van der Waals surface area contributed by atoms with E-state index < -0.39 is 5.60 Å². The van der Waals surface area contributed by atoms with Gasteiger partial charge in [-0.15, -0.1) is 0 Å². The van der Waals surface area contributed by atoms with Gasteiger partial charge in [-0.25, -0.2) is 4.79 Å². The van der Waals surface area contributed by atoms with Crippen LogP contribution in [0.25, 0.3) is 0 Å².